The fraction of sp³-hybridized carbons (Fsp3) is 0.200. The molecule has 2 rings (SSSR count). The van der Waals surface area contributed by atoms with E-state index in [2.05, 4.69) is 15.3 Å². The molecular formula is C10H10FN3O. The molecule has 0 aliphatic rings. The van der Waals surface area contributed by atoms with E-state index < -0.39 is 6.08 Å². The average molecular weight is 207 g/mol. The lowest BCUT2D eigenvalue weighted by Crippen LogP contribution is -2.03. The molecule has 0 saturated carbocycles. The molecule has 0 bridgehead atoms. The average Bonchev–Trinajstić information content (AvgIpc) is 2.65. The van der Waals surface area contributed by atoms with Crippen LogP contribution in [0, 0.1) is 13.0 Å². The summed E-state index contributed by atoms with van der Waals surface area (Å²) in [7, 11) is 0. The minimum absolute atomic E-state index is 0.455. The molecule has 0 spiro atoms. The van der Waals surface area contributed by atoms with E-state index in [0.717, 1.165) is 5.76 Å². The lowest BCUT2D eigenvalue weighted by atomic mass is 10.4. The second-order valence-corrected chi connectivity index (χ2v) is 3.10. The first-order chi connectivity index (χ1) is 7.24. The number of hydrogen-bond acceptors (Lipinski definition) is 4. The van der Waals surface area contributed by atoms with E-state index in [4.69, 9.17) is 4.42 Å². The maximum atomic E-state index is 12.8. The Kier molecular flexibility index (Phi) is 2.62. The van der Waals surface area contributed by atoms with Crippen LogP contribution in [0.15, 0.2) is 28.9 Å². The van der Waals surface area contributed by atoms with Crippen molar-refractivity contribution in [1.82, 2.24) is 9.97 Å². The minimum Gasteiger partial charge on any atom is -0.467 e. The number of hydrogen-bond donors (Lipinski definition) is 1. The molecule has 4 nitrogen and oxygen atoms in total. The molecule has 2 aromatic heterocycles. The Labute approximate surface area is 86.2 Å². The third-order valence-electron chi connectivity index (χ3n) is 1.85. The van der Waals surface area contributed by atoms with Crippen LogP contribution in [-0.2, 0) is 6.54 Å². The first-order valence-corrected chi connectivity index (χ1v) is 4.51. The number of furan rings is 1. The molecular weight excluding hydrogens is 197 g/mol. The van der Waals surface area contributed by atoms with Gasteiger partial charge in [0.1, 0.15) is 11.6 Å². The zero-order valence-electron chi connectivity index (χ0n) is 8.20. The Bertz CT molecular complexity index is 422. The van der Waals surface area contributed by atoms with E-state index >= 15 is 0 Å². The van der Waals surface area contributed by atoms with Gasteiger partial charge in [0, 0.05) is 11.8 Å². The molecule has 0 aliphatic heterocycles. The van der Waals surface area contributed by atoms with Crippen LogP contribution in [0.1, 0.15) is 11.5 Å². The summed E-state index contributed by atoms with van der Waals surface area (Å²) in [5.74, 6) is 1.23. The first-order valence-electron chi connectivity index (χ1n) is 4.51. The van der Waals surface area contributed by atoms with Crippen molar-refractivity contribution in [2.75, 3.05) is 5.32 Å². The normalized spacial score (nSPS) is 10.3. The van der Waals surface area contributed by atoms with Crippen molar-refractivity contribution in [2.24, 2.45) is 0 Å². The summed E-state index contributed by atoms with van der Waals surface area (Å²) in [6.07, 6.45) is 0.861. The van der Waals surface area contributed by atoms with Gasteiger partial charge in [0.25, 0.3) is 0 Å². The van der Waals surface area contributed by atoms with Gasteiger partial charge >= 0.3 is 6.08 Å². The maximum absolute atomic E-state index is 12.8. The Morgan fingerprint density at radius 1 is 1.47 bits per heavy atom. The van der Waals surface area contributed by atoms with Crippen LogP contribution in [-0.4, -0.2) is 9.97 Å². The molecule has 0 amide bonds. The van der Waals surface area contributed by atoms with Gasteiger partial charge in [0.2, 0.25) is 0 Å². The highest BCUT2D eigenvalue weighted by molar-refractivity contribution is 5.34. The zero-order chi connectivity index (χ0) is 10.7. The molecule has 2 heterocycles. The molecule has 0 atom stereocenters. The molecule has 0 aliphatic carbocycles. The predicted octanol–water partition coefficient (Wildman–Crippen LogP) is 2.13. The highest BCUT2D eigenvalue weighted by Gasteiger charge is 2.01. The summed E-state index contributed by atoms with van der Waals surface area (Å²) in [6, 6.07) is 5.30. The van der Waals surface area contributed by atoms with E-state index in [1.165, 1.54) is 0 Å². The summed E-state index contributed by atoms with van der Waals surface area (Å²) in [5, 5.41) is 2.94. The van der Waals surface area contributed by atoms with Gasteiger partial charge in [-0.2, -0.15) is 9.37 Å². The third-order valence-corrected chi connectivity index (χ3v) is 1.85. The molecule has 15 heavy (non-hydrogen) atoms. The number of aromatic nitrogens is 2. The quantitative estimate of drug-likeness (QED) is 0.783. The molecule has 0 radical (unpaired) electrons. The van der Waals surface area contributed by atoms with Crippen LogP contribution in [0.25, 0.3) is 0 Å². The van der Waals surface area contributed by atoms with Gasteiger partial charge in [-0.25, -0.2) is 4.98 Å². The summed E-state index contributed by atoms with van der Waals surface area (Å²) >= 11 is 0. The van der Waals surface area contributed by atoms with Crippen molar-refractivity contribution in [3.63, 3.8) is 0 Å². The van der Waals surface area contributed by atoms with Gasteiger partial charge in [0.15, 0.2) is 0 Å². The van der Waals surface area contributed by atoms with Crippen LogP contribution in [0.2, 0.25) is 0 Å². The van der Waals surface area contributed by atoms with Crippen molar-refractivity contribution < 1.29 is 8.81 Å². The minimum atomic E-state index is -0.725. The number of anilines is 1. The maximum Gasteiger partial charge on any atom is 0.310 e. The highest BCUT2D eigenvalue weighted by Crippen LogP contribution is 2.08. The molecule has 2 aromatic rings. The number of halogens is 1. The molecule has 0 fully saturated rings. The topological polar surface area (TPSA) is 51.0 Å². The lowest BCUT2D eigenvalue weighted by Gasteiger charge is -2.03. The van der Waals surface area contributed by atoms with Crippen molar-refractivity contribution in [1.29, 1.82) is 0 Å². The molecule has 0 saturated heterocycles. The first kappa shape index (κ1) is 9.64. The fourth-order valence-electron chi connectivity index (χ4n) is 1.21. The molecule has 0 aromatic carbocycles. The molecule has 78 valence electrons. The van der Waals surface area contributed by atoms with Gasteiger partial charge in [-0.1, -0.05) is 0 Å². The predicted molar refractivity (Wildman–Crippen MR) is 52.8 cm³/mol. The summed E-state index contributed by atoms with van der Waals surface area (Å²) < 4.78 is 17.9. The summed E-state index contributed by atoms with van der Waals surface area (Å²) in [6.45, 7) is 2.19. The van der Waals surface area contributed by atoms with Crippen molar-refractivity contribution in [3.8, 4) is 0 Å². The third kappa shape index (κ3) is 2.52. The Balaban J connectivity index is 2.05. The fourth-order valence-corrected chi connectivity index (χ4v) is 1.21. The van der Waals surface area contributed by atoms with Gasteiger partial charge in [-0.15, -0.1) is 0 Å². The second kappa shape index (κ2) is 4.08. The number of nitrogens with zero attached hydrogens (tertiary/aromatic N) is 2. The van der Waals surface area contributed by atoms with Gasteiger partial charge < -0.3 is 9.73 Å². The highest BCUT2D eigenvalue weighted by atomic mass is 19.1. The Morgan fingerprint density at radius 2 is 2.33 bits per heavy atom. The largest absolute Gasteiger partial charge is 0.467 e. The molecule has 1 N–H and O–H groups in total. The number of aryl methyl sites for hydroxylation is 1. The van der Waals surface area contributed by atoms with Crippen LogP contribution in [0.4, 0.5) is 10.2 Å². The zero-order valence-corrected chi connectivity index (χ0v) is 8.20. The van der Waals surface area contributed by atoms with E-state index in [9.17, 15) is 4.39 Å². The SMILES string of the molecule is Cc1cc(NCc2ccco2)nc(F)n1. The molecule has 5 heteroatoms. The van der Waals surface area contributed by atoms with Crippen molar-refractivity contribution >= 4 is 5.82 Å². The summed E-state index contributed by atoms with van der Waals surface area (Å²) in [5.41, 5.74) is 0.587. The second-order valence-electron chi connectivity index (χ2n) is 3.10. The van der Waals surface area contributed by atoms with E-state index in [-0.39, 0.29) is 0 Å². The van der Waals surface area contributed by atoms with E-state index in [1.54, 1.807) is 25.3 Å². The lowest BCUT2D eigenvalue weighted by molar-refractivity contribution is 0.515. The van der Waals surface area contributed by atoms with Crippen molar-refractivity contribution in [2.45, 2.75) is 13.5 Å². The van der Waals surface area contributed by atoms with Gasteiger partial charge in [0.05, 0.1) is 12.8 Å². The van der Waals surface area contributed by atoms with Crippen LogP contribution < -0.4 is 5.32 Å². The Morgan fingerprint density at radius 3 is 3.00 bits per heavy atom. The van der Waals surface area contributed by atoms with Crippen LogP contribution in [0.3, 0.4) is 0 Å². The van der Waals surface area contributed by atoms with Crippen LogP contribution in [0.5, 0.6) is 0 Å². The monoisotopic (exact) mass is 207 g/mol. The van der Waals surface area contributed by atoms with Gasteiger partial charge in [-0.3, -0.25) is 0 Å². The van der Waals surface area contributed by atoms with E-state index in [1.807, 2.05) is 6.07 Å². The van der Waals surface area contributed by atoms with Crippen molar-refractivity contribution in [3.05, 3.63) is 42.0 Å². The van der Waals surface area contributed by atoms with Crippen LogP contribution >= 0.6 is 0 Å². The number of nitrogens with one attached hydrogen (secondary N) is 1. The summed E-state index contributed by atoms with van der Waals surface area (Å²) in [4.78, 5) is 7.14. The Hall–Kier alpha value is -1.91. The van der Waals surface area contributed by atoms with E-state index in [0.29, 0.717) is 18.1 Å². The molecule has 0 unspecified atom stereocenters. The number of rotatable bonds is 3. The smallest absolute Gasteiger partial charge is 0.310 e. The standard InChI is InChI=1S/C10H10FN3O/c1-7-5-9(14-10(11)13-7)12-6-8-3-2-4-15-8/h2-5H,6H2,1H3,(H,12,13,14). The van der Waals surface area contributed by atoms with Gasteiger partial charge in [-0.05, 0) is 19.1 Å².